The molecule has 1 aliphatic heterocycles. The van der Waals surface area contributed by atoms with Crippen LogP contribution in [-0.2, 0) is 4.74 Å². The first-order valence-electron chi connectivity index (χ1n) is 7.03. The molecule has 2 rings (SSSR count). The Balaban J connectivity index is 2.19. The number of hydrogen-bond acceptors (Lipinski definition) is 3. The van der Waals surface area contributed by atoms with Crippen molar-refractivity contribution in [1.82, 2.24) is 0 Å². The van der Waals surface area contributed by atoms with Crippen LogP contribution in [0, 0.1) is 11.3 Å². The molecule has 1 heterocycles. The van der Waals surface area contributed by atoms with Crippen LogP contribution in [0.25, 0.3) is 0 Å². The van der Waals surface area contributed by atoms with Crippen molar-refractivity contribution in [3.05, 3.63) is 0 Å². The number of aliphatic hydroxyl groups excluding tert-OH is 1. The minimum atomic E-state index is -0.715. The van der Waals surface area contributed by atoms with Gasteiger partial charge in [-0.15, -0.1) is 0 Å². The van der Waals surface area contributed by atoms with Gasteiger partial charge in [0.15, 0.2) is 0 Å². The molecular weight excluding hydrogens is 216 g/mol. The molecule has 3 atom stereocenters. The monoisotopic (exact) mass is 242 g/mol. The van der Waals surface area contributed by atoms with Crippen LogP contribution in [0.3, 0.4) is 0 Å². The minimum absolute atomic E-state index is 0.119. The zero-order valence-corrected chi connectivity index (χ0v) is 11.0. The molecule has 0 amide bonds. The predicted octanol–water partition coefficient (Wildman–Crippen LogP) is 2.11. The van der Waals surface area contributed by atoms with E-state index in [0.717, 1.165) is 38.7 Å². The first-order chi connectivity index (χ1) is 8.12. The summed E-state index contributed by atoms with van der Waals surface area (Å²) in [4.78, 5) is 0. The molecule has 0 spiro atoms. The highest BCUT2D eigenvalue weighted by Gasteiger charge is 2.51. The Hall–Kier alpha value is -0.120. The van der Waals surface area contributed by atoms with Gasteiger partial charge in [-0.1, -0.05) is 19.8 Å². The van der Waals surface area contributed by atoms with Crippen LogP contribution in [0.4, 0.5) is 0 Å². The molecule has 0 bridgehead atoms. The van der Waals surface area contributed by atoms with Gasteiger partial charge in [0.25, 0.3) is 0 Å². The van der Waals surface area contributed by atoms with Gasteiger partial charge in [0.05, 0.1) is 12.2 Å². The van der Waals surface area contributed by atoms with Crippen LogP contribution >= 0.6 is 0 Å². The summed E-state index contributed by atoms with van der Waals surface area (Å²) in [5.74, 6) is 0.615. The van der Waals surface area contributed by atoms with Gasteiger partial charge in [-0.2, -0.15) is 0 Å². The molecule has 0 radical (unpaired) electrons. The maximum Gasteiger partial charge on any atom is 0.0748 e. The Bertz CT molecular complexity index is 246. The summed E-state index contributed by atoms with van der Waals surface area (Å²) in [7, 11) is 0. The molecule has 17 heavy (non-hydrogen) atoms. The van der Waals surface area contributed by atoms with Gasteiger partial charge in [-0.05, 0) is 31.6 Å². The molecule has 1 saturated carbocycles. The molecule has 2 fully saturated rings. The van der Waals surface area contributed by atoms with Gasteiger partial charge in [0.2, 0.25) is 0 Å². The summed E-state index contributed by atoms with van der Waals surface area (Å²) in [5, 5.41) is 20.9. The molecule has 3 nitrogen and oxygen atoms in total. The van der Waals surface area contributed by atoms with E-state index in [2.05, 4.69) is 6.92 Å². The van der Waals surface area contributed by atoms with Crippen molar-refractivity contribution >= 4 is 0 Å². The third-order valence-corrected chi connectivity index (χ3v) is 4.92. The average molecular weight is 242 g/mol. The van der Waals surface area contributed by atoms with Crippen molar-refractivity contribution in [2.45, 2.75) is 57.5 Å². The average Bonchev–Trinajstić information content (AvgIpc) is 2.55. The lowest BCUT2D eigenvalue weighted by Crippen LogP contribution is -2.53. The second-order valence-electron chi connectivity index (χ2n) is 6.14. The molecule has 0 aromatic carbocycles. The number of ether oxygens (including phenoxy) is 1. The number of hydrogen-bond donors (Lipinski definition) is 2. The molecule has 2 aliphatic rings. The summed E-state index contributed by atoms with van der Waals surface area (Å²) in [6.45, 7) is 3.74. The lowest BCUT2D eigenvalue weighted by atomic mass is 9.59. The van der Waals surface area contributed by atoms with Crippen molar-refractivity contribution in [3.8, 4) is 0 Å². The van der Waals surface area contributed by atoms with Gasteiger partial charge in [0, 0.05) is 25.0 Å². The van der Waals surface area contributed by atoms with Crippen molar-refractivity contribution in [2.75, 3.05) is 19.8 Å². The second kappa shape index (κ2) is 5.25. The van der Waals surface area contributed by atoms with Crippen LogP contribution in [-0.4, -0.2) is 35.6 Å². The molecular formula is C14H26O3. The molecule has 2 N–H and O–H groups in total. The smallest absolute Gasteiger partial charge is 0.0748 e. The second-order valence-corrected chi connectivity index (χ2v) is 6.14. The first-order valence-corrected chi connectivity index (χ1v) is 7.03. The van der Waals surface area contributed by atoms with E-state index in [1.165, 1.54) is 6.42 Å². The van der Waals surface area contributed by atoms with Gasteiger partial charge in [0.1, 0.15) is 0 Å². The summed E-state index contributed by atoms with van der Waals surface area (Å²) in [6.07, 6.45) is 6.65. The summed E-state index contributed by atoms with van der Waals surface area (Å²) in [6, 6.07) is 0. The predicted molar refractivity (Wildman–Crippen MR) is 66.8 cm³/mol. The zero-order chi connectivity index (χ0) is 12.4. The molecule has 0 aromatic heterocycles. The van der Waals surface area contributed by atoms with Crippen molar-refractivity contribution in [3.63, 3.8) is 0 Å². The summed E-state index contributed by atoms with van der Waals surface area (Å²) < 4.78 is 5.46. The van der Waals surface area contributed by atoms with Crippen LogP contribution in [0.1, 0.15) is 51.9 Å². The van der Waals surface area contributed by atoms with E-state index in [1.807, 2.05) is 0 Å². The molecule has 3 heteroatoms. The van der Waals surface area contributed by atoms with E-state index in [9.17, 15) is 10.2 Å². The number of rotatable bonds is 2. The maximum atomic E-state index is 11.0. The fraction of sp³-hybridized carbons (Fsp3) is 1.00. The van der Waals surface area contributed by atoms with E-state index in [1.54, 1.807) is 0 Å². The summed E-state index contributed by atoms with van der Waals surface area (Å²) in [5.41, 5.74) is -0.995. The lowest BCUT2D eigenvalue weighted by molar-refractivity contribution is -0.144. The van der Waals surface area contributed by atoms with Crippen molar-refractivity contribution in [2.24, 2.45) is 11.3 Å². The van der Waals surface area contributed by atoms with E-state index in [0.29, 0.717) is 18.9 Å². The van der Waals surface area contributed by atoms with E-state index < -0.39 is 5.60 Å². The van der Waals surface area contributed by atoms with Crippen molar-refractivity contribution < 1.29 is 14.9 Å². The van der Waals surface area contributed by atoms with Crippen molar-refractivity contribution in [1.29, 1.82) is 0 Å². The number of aliphatic hydroxyl groups is 2. The third-order valence-electron chi connectivity index (χ3n) is 4.92. The Labute approximate surface area is 104 Å². The highest BCUT2D eigenvalue weighted by atomic mass is 16.5. The third kappa shape index (κ3) is 2.51. The zero-order valence-electron chi connectivity index (χ0n) is 11.0. The molecule has 3 unspecified atom stereocenters. The molecule has 100 valence electrons. The largest absolute Gasteiger partial charge is 0.396 e. The Kier molecular flexibility index (Phi) is 4.11. The van der Waals surface area contributed by atoms with E-state index >= 15 is 0 Å². The van der Waals surface area contributed by atoms with E-state index in [4.69, 9.17) is 4.74 Å². The molecule has 0 aromatic rings. The first kappa shape index (κ1) is 13.3. The SMILES string of the molecule is CC1CCCC(CO)(C2(O)CCCOCC2)C1. The molecule has 1 aliphatic carbocycles. The highest BCUT2D eigenvalue weighted by Crippen LogP contribution is 2.50. The lowest BCUT2D eigenvalue weighted by Gasteiger charge is -2.50. The fourth-order valence-corrected chi connectivity index (χ4v) is 3.84. The topological polar surface area (TPSA) is 49.7 Å². The van der Waals surface area contributed by atoms with Crippen LogP contribution in [0.2, 0.25) is 0 Å². The Morgan fingerprint density at radius 2 is 2.00 bits per heavy atom. The van der Waals surface area contributed by atoms with Gasteiger partial charge >= 0.3 is 0 Å². The van der Waals surface area contributed by atoms with E-state index in [-0.39, 0.29) is 12.0 Å². The van der Waals surface area contributed by atoms with Crippen LogP contribution < -0.4 is 0 Å². The minimum Gasteiger partial charge on any atom is -0.396 e. The Morgan fingerprint density at radius 3 is 2.71 bits per heavy atom. The van der Waals surface area contributed by atoms with Crippen LogP contribution in [0.5, 0.6) is 0 Å². The van der Waals surface area contributed by atoms with Gasteiger partial charge < -0.3 is 14.9 Å². The standard InChI is InChI=1S/C14H26O3/c1-12-4-2-5-13(10-12,11-15)14(16)6-3-8-17-9-7-14/h12,15-16H,2-11H2,1H3. The maximum absolute atomic E-state index is 11.0. The van der Waals surface area contributed by atoms with Gasteiger partial charge in [-0.3, -0.25) is 0 Å². The quantitative estimate of drug-likeness (QED) is 0.779. The Morgan fingerprint density at radius 1 is 1.18 bits per heavy atom. The summed E-state index contributed by atoms with van der Waals surface area (Å²) >= 11 is 0. The molecule has 1 saturated heterocycles. The fourth-order valence-electron chi connectivity index (χ4n) is 3.84. The highest BCUT2D eigenvalue weighted by molar-refractivity contribution is 5.01. The van der Waals surface area contributed by atoms with Gasteiger partial charge in [-0.25, -0.2) is 0 Å². The normalized spacial score (nSPS) is 44.3. The van der Waals surface area contributed by atoms with Crippen LogP contribution in [0.15, 0.2) is 0 Å².